The SMILES string of the molecule is C=C1[C@@H](O)CC2CC12C(C=C1CCC[C@@]2(C)C1CCC2[C@H](C)C=C[C@H](C)C(C)C)OC. The molecule has 0 spiro atoms. The number of aliphatic hydroxyl groups is 1. The molecule has 4 aliphatic carbocycles. The highest BCUT2D eigenvalue weighted by Crippen LogP contribution is 2.69. The second kappa shape index (κ2) is 8.49. The van der Waals surface area contributed by atoms with Crippen molar-refractivity contribution < 1.29 is 9.84 Å². The topological polar surface area (TPSA) is 29.5 Å². The van der Waals surface area contributed by atoms with E-state index in [2.05, 4.69) is 59.4 Å². The second-order valence-corrected chi connectivity index (χ2v) is 12.1. The molecule has 0 saturated heterocycles. The fourth-order valence-corrected chi connectivity index (χ4v) is 7.76. The fourth-order valence-electron chi connectivity index (χ4n) is 7.76. The smallest absolute Gasteiger partial charge is 0.0851 e. The van der Waals surface area contributed by atoms with Gasteiger partial charge in [0.2, 0.25) is 0 Å². The number of methoxy groups -OCH3 is 1. The van der Waals surface area contributed by atoms with E-state index in [1.807, 2.05) is 7.11 Å². The van der Waals surface area contributed by atoms with Gasteiger partial charge in [-0.15, -0.1) is 0 Å². The minimum absolute atomic E-state index is 0.00995. The number of aliphatic hydroxyl groups excluding tert-OH is 1. The molecule has 0 aromatic rings. The number of hydrogen-bond acceptors (Lipinski definition) is 2. The molecule has 5 unspecified atom stereocenters. The fraction of sp³-hybridized carbons (Fsp3) is 0.793. The molecule has 0 radical (unpaired) electrons. The molecule has 0 aromatic heterocycles. The van der Waals surface area contributed by atoms with Gasteiger partial charge in [0.1, 0.15) is 0 Å². The summed E-state index contributed by atoms with van der Waals surface area (Å²) >= 11 is 0. The Morgan fingerprint density at radius 3 is 2.52 bits per heavy atom. The molecule has 4 saturated carbocycles. The molecule has 31 heavy (non-hydrogen) atoms. The van der Waals surface area contributed by atoms with E-state index < -0.39 is 0 Å². The van der Waals surface area contributed by atoms with Crippen molar-refractivity contribution in [2.24, 2.45) is 46.3 Å². The van der Waals surface area contributed by atoms with Crippen LogP contribution in [0.2, 0.25) is 0 Å². The largest absolute Gasteiger partial charge is 0.389 e. The van der Waals surface area contributed by atoms with E-state index in [0.717, 1.165) is 24.3 Å². The Bertz CT molecular complexity index is 748. The van der Waals surface area contributed by atoms with Gasteiger partial charge in [0.15, 0.2) is 0 Å². The molecule has 0 amide bonds. The molecule has 4 rings (SSSR count). The summed E-state index contributed by atoms with van der Waals surface area (Å²) in [5.74, 6) is 4.03. The van der Waals surface area contributed by atoms with Gasteiger partial charge in [0.25, 0.3) is 0 Å². The van der Waals surface area contributed by atoms with Crippen molar-refractivity contribution in [3.63, 3.8) is 0 Å². The van der Waals surface area contributed by atoms with E-state index >= 15 is 0 Å². The standard InChI is InChI=1S/C29H46O2/c1-18(2)19(3)10-11-20(4)24-12-13-25-22(9-8-14-28(24,25)6)15-27(31-7)29-17-23(29)16-26(30)21(29)5/h10-11,15,18-20,23-27,30H,5,8-9,12-14,16-17H2,1-4,6-7H3/t19-,20+,23?,24?,25?,26-,27?,28+,29?/m0/s1. The summed E-state index contributed by atoms with van der Waals surface area (Å²) in [6.45, 7) is 16.3. The Kier molecular flexibility index (Phi) is 6.38. The Morgan fingerprint density at radius 1 is 1.16 bits per heavy atom. The third-order valence-electron chi connectivity index (χ3n) is 10.2. The summed E-state index contributed by atoms with van der Waals surface area (Å²) in [6, 6.07) is 0. The monoisotopic (exact) mass is 426 g/mol. The number of ether oxygens (including phenoxy) is 1. The molecule has 0 aromatic carbocycles. The van der Waals surface area contributed by atoms with Crippen LogP contribution in [0.15, 0.2) is 36.0 Å². The lowest BCUT2D eigenvalue weighted by molar-refractivity contribution is 0.0797. The Hall–Kier alpha value is -0.860. The summed E-state index contributed by atoms with van der Waals surface area (Å²) < 4.78 is 6.08. The third kappa shape index (κ3) is 3.80. The maximum Gasteiger partial charge on any atom is 0.0851 e. The lowest BCUT2D eigenvalue weighted by Gasteiger charge is -2.44. The highest BCUT2D eigenvalue weighted by atomic mass is 16.5. The van der Waals surface area contributed by atoms with Crippen molar-refractivity contribution in [2.45, 2.75) is 91.8 Å². The molecule has 4 aliphatic rings. The summed E-state index contributed by atoms with van der Waals surface area (Å²) in [5, 5.41) is 10.3. The van der Waals surface area contributed by atoms with Crippen LogP contribution >= 0.6 is 0 Å². The lowest BCUT2D eigenvalue weighted by atomic mass is 9.61. The molecule has 2 nitrogen and oxygen atoms in total. The summed E-state index contributed by atoms with van der Waals surface area (Å²) in [5.41, 5.74) is 3.09. The van der Waals surface area contributed by atoms with Crippen LogP contribution in [0.4, 0.5) is 0 Å². The molecular formula is C29H46O2. The molecule has 0 aliphatic heterocycles. The first-order valence-electron chi connectivity index (χ1n) is 12.9. The highest BCUT2D eigenvalue weighted by molar-refractivity contribution is 5.38. The number of hydrogen-bond donors (Lipinski definition) is 1. The zero-order chi connectivity index (χ0) is 22.6. The first-order valence-corrected chi connectivity index (χ1v) is 12.9. The van der Waals surface area contributed by atoms with Crippen LogP contribution in [-0.2, 0) is 4.74 Å². The van der Waals surface area contributed by atoms with E-state index in [4.69, 9.17) is 4.74 Å². The second-order valence-electron chi connectivity index (χ2n) is 12.1. The zero-order valence-electron chi connectivity index (χ0n) is 20.9. The summed E-state index contributed by atoms with van der Waals surface area (Å²) in [7, 11) is 1.85. The number of fused-ring (bicyclic) bond motifs is 2. The van der Waals surface area contributed by atoms with Crippen molar-refractivity contribution in [1.82, 2.24) is 0 Å². The minimum Gasteiger partial charge on any atom is -0.389 e. The molecule has 0 heterocycles. The normalized spacial score (nSPS) is 44.0. The van der Waals surface area contributed by atoms with Gasteiger partial charge in [0.05, 0.1) is 12.2 Å². The van der Waals surface area contributed by atoms with Crippen molar-refractivity contribution in [3.05, 3.63) is 36.0 Å². The molecule has 1 N–H and O–H groups in total. The van der Waals surface area contributed by atoms with Gasteiger partial charge >= 0.3 is 0 Å². The molecule has 4 fully saturated rings. The van der Waals surface area contributed by atoms with Crippen LogP contribution < -0.4 is 0 Å². The quantitative estimate of drug-likeness (QED) is 0.446. The number of allylic oxidation sites excluding steroid dienone is 3. The molecule has 9 atom stereocenters. The van der Waals surface area contributed by atoms with E-state index in [0.29, 0.717) is 35.0 Å². The minimum atomic E-state index is -0.330. The van der Waals surface area contributed by atoms with Gasteiger partial charge in [0, 0.05) is 12.5 Å². The van der Waals surface area contributed by atoms with Crippen LogP contribution in [0.3, 0.4) is 0 Å². The van der Waals surface area contributed by atoms with Gasteiger partial charge in [-0.05, 0) is 91.4 Å². The summed E-state index contributed by atoms with van der Waals surface area (Å²) in [6.07, 6.45) is 15.8. The predicted molar refractivity (Wildman–Crippen MR) is 130 cm³/mol. The average Bonchev–Trinajstić information content (AvgIpc) is 3.24. The van der Waals surface area contributed by atoms with Crippen molar-refractivity contribution in [2.75, 3.05) is 7.11 Å². The first-order chi connectivity index (χ1) is 14.6. The van der Waals surface area contributed by atoms with E-state index in [9.17, 15) is 5.11 Å². The number of rotatable bonds is 7. The first kappa shape index (κ1) is 23.3. The van der Waals surface area contributed by atoms with Gasteiger partial charge < -0.3 is 9.84 Å². The lowest BCUT2D eigenvalue weighted by Crippen LogP contribution is -2.36. The van der Waals surface area contributed by atoms with Crippen LogP contribution in [0.25, 0.3) is 0 Å². The average molecular weight is 427 g/mol. The van der Waals surface area contributed by atoms with Crippen molar-refractivity contribution in [1.29, 1.82) is 0 Å². The zero-order valence-corrected chi connectivity index (χ0v) is 20.9. The van der Waals surface area contributed by atoms with Gasteiger partial charge in [-0.2, -0.15) is 0 Å². The van der Waals surface area contributed by atoms with Crippen LogP contribution in [-0.4, -0.2) is 24.4 Å². The van der Waals surface area contributed by atoms with Crippen molar-refractivity contribution in [3.8, 4) is 0 Å². The Balaban J connectivity index is 1.53. The Labute approximate surface area is 191 Å². The van der Waals surface area contributed by atoms with Crippen LogP contribution in [0.1, 0.15) is 79.6 Å². The van der Waals surface area contributed by atoms with E-state index in [1.165, 1.54) is 32.1 Å². The van der Waals surface area contributed by atoms with E-state index in [-0.39, 0.29) is 17.6 Å². The summed E-state index contributed by atoms with van der Waals surface area (Å²) in [4.78, 5) is 0. The van der Waals surface area contributed by atoms with Crippen molar-refractivity contribution >= 4 is 0 Å². The van der Waals surface area contributed by atoms with Gasteiger partial charge in [-0.1, -0.05) is 65.0 Å². The molecule has 0 bridgehead atoms. The maximum atomic E-state index is 10.3. The molecule has 174 valence electrons. The Morgan fingerprint density at radius 2 is 1.90 bits per heavy atom. The predicted octanol–water partition coefficient (Wildman–Crippen LogP) is 6.96. The van der Waals surface area contributed by atoms with Crippen LogP contribution in [0, 0.1) is 46.3 Å². The third-order valence-corrected chi connectivity index (χ3v) is 10.2. The van der Waals surface area contributed by atoms with Crippen LogP contribution in [0.5, 0.6) is 0 Å². The van der Waals surface area contributed by atoms with Gasteiger partial charge in [-0.3, -0.25) is 0 Å². The molecule has 2 heteroatoms. The maximum absolute atomic E-state index is 10.3. The van der Waals surface area contributed by atoms with E-state index in [1.54, 1.807) is 5.57 Å². The highest BCUT2D eigenvalue weighted by Gasteiger charge is 2.66. The van der Waals surface area contributed by atoms with Gasteiger partial charge in [-0.25, -0.2) is 0 Å². The molecular weight excluding hydrogens is 380 g/mol.